The zero-order chi connectivity index (χ0) is 10.6. The molecule has 0 aliphatic heterocycles. The van der Waals surface area contributed by atoms with Crippen molar-refractivity contribution in [1.82, 2.24) is 10.0 Å². The molecule has 0 aromatic carbocycles. The van der Waals surface area contributed by atoms with Crippen molar-refractivity contribution in [2.24, 2.45) is 0 Å². The number of Topliss-reactive ketones (excluding diaryl/α,β-unsaturated/α-hetero) is 1. The van der Waals surface area contributed by atoms with Crippen LogP contribution in [0.5, 0.6) is 0 Å². The Morgan fingerprint density at radius 3 is 2.00 bits per heavy atom. The summed E-state index contributed by atoms with van der Waals surface area (Å²) in [4.78, 5) is 11.7. The van der Waals surface area contributed by atoms with E-state index in [1.807, 2.05) is 51.9 Å². The van der Waals surface area contributed by atoms with E-state index < -0.39 is 0 Å². The van der Waals surface area contributed by atoms with Gasteiger partial charge in [-0.1, -0.05) is 6.92 Å². The molecular formula is C10H22N2O. The molecule has 78 valence electrons. The van der Waals surface area contributed by atoms with Crippen molar-refractivity contribution in [3.05, 3.63) is 0 Å². The summed E-state index contributed by atoms with van der Waals surface area (Å²) in [6, 6.07) is 0. The Bertz CT molecular complexity index is 176. The minimum absolute atomic E-state index is 0.297. The fourth-order valence-corrected chi connectivity index (χ4v) is 1.21. The number of carbonyl (C=O) groups is 1. The Morgan fingerprint density at radius 1 is 1.23 bits per heavy atom. The lowest BCUT2D eigenvalue weighted by molar-refractivity contribution is -0.138. The molecule has 0 amide bonds. The van der Waals surface area contributed by atoms with Gasteiger partial charge in [0.15, 0.2) is 5.78 Å². The SMILES string of the molecule is CCCC(=O)C(C)(C)N(C)N(C)C. The van der Waals surface area contributed by atoms with Gasteiger partial charge in [-0.3, -0.25) is 4.79 Å². The number of ketones is 1. The quantitative estimate of drug-likeness (QED) is 0.609. The molecule has 0 heterocycles. The van der Waals surface area contributed by atoms with E-state index in [0.717, 1.165) is 6.42 Å². The molecule has 0 unspecified atom stereocenters. The molecule has 0 bridgehead atoms. The topological polar surface area (TPSA) is 23.6 Å². The van der Waals surface area contributed by atoms with Crippen molar-refractivity contribution in [2.45, 2.75) is 39.2 Å². The average Bonchev–Trinajstić information content (AvgIpc) is 2.03. The predicted molar refractivity (Wildman–Crippen MR) is 55.4 cm³/mol. The van der Waals surface area contributed by atoms with Crippen LogP contribution in [0.3, 0.4) is 0 Å². The first-order chi connectivity index (χ1) is 5.84. The second-order valence-electron chi connectivity index (χ2n) is 4.10. The first-order valence-electron chi connectivity index (χ1n) is 4.78. The van der Waals surface area contributed by atoms with Gasteiger partial charge in [-0.25, -0.2) is 10.0 Å². The Labute approximate surface area is 81.7 Å². The summed E-state index contributed by atoms with van der Waals surface area (Å²) in [5.74, 6) is 0.297. The van der Waals surface area contributed by atoms with E-state index >= 15 is 0 Å². The van der Waals surface area contributed by atoms with Crippen LogP contribution in [0, 0.1) is 0 Å². The van der Waals surface area contributed by atoms with Crippen LogP contribution in [0.25, 0.3) is 0 Å². The molecule has 0 saturated heterocycles. The van der Waals surface area contributed by atoms with Crippen LogP contribution >= 0.6 is 0 Å². The van der Waals surface area contributed by atoms with Gasteiger partial charge in [-0.2, -0.15) is 0 Å². The van der Waals surface area contributed by atoms with Gasteiger partial charge in [-0.15, -0.1) is 0 Å². The molecule has 0 aliphatic rings. The molecule has 0 radical (unpaired) electrons. The van der Waals surface area contributed by atoms with Gasteiger partial charge in [0, 0.05) is 27.6 Å². The first-order valence-corrected chi connectivity index (χ1v) is 4.78. The van der Waals surface area contributed by atoms with Crippen LogP contribution in [-0.2, 0) is 4.79 Å². The van der Waals surface area contributed by atoms with E-state index in [-0.39, 0.29) is 5.54 Å². The monoisotopic (exact) mass is 186 g/mol. The number of carbonyl (C=O) groups excluding carboxylic acids is 1. The Morgan fingerprint density at radius 2 is 1.69 bits per heavy atom. The highest BCUT2D eigenvalue weighted by atomic mass is 16.1. The van der Waals surface area contributed by atoms with Crippen molar-refractivity contribution in [3.63, 3.8) is 0 Å². The van der Waals surface area contributed by atoms with Gasteiger partial charge in [0.25, 0.3) is 0 Å². The van der Waals surface area contributed by atoms with Crippen LogP contribution in [0.2, 0.25) is 0 Å². The Balaban J connectivity index is 4.45. The van der Waals surface area contributed by atoms with E-state index in [9.17, 15) is 4.79 Å². The van der Waals surface area contributed by atoms with E-state index in [1.165, 1.54) is 0 Å². The average molecular weight is 186 g/mol. The summed E-state index contributed by atoms with van der Waals surface area (Å²) in [7, 11) is 5.83. The Kier molecular flexibility index (Phi) is 4.57. The second-order valence-corrected chi connectivity index (χ2v) is 4.10. The van der Waals surface area contributed by atoms with E-state index in [2.05, 4.69) is 0 Å². The molecule has 0 aliphatic carbocycles. The van der Waals surface area contributed by atoms with Gasteiger partial charge in [0.05, 0.1) is 5.54 Å². The molecule has 3 nitrogen and oxygen atoms in total. The first kappa shape index (κ1) is 12.6. The predicted octanol–water partition coefficient (Wildman–Crippen LogP) is 1.54. The van der Waals surface area contributed by atoms with Crippen LogP contribution in [0.4, 0.5) is 0 Å². The molecule has 13 heavy (non-hydrogen) atoms. The third-order valence-corrected chi connectivity index (χ3v) is 2.57. The molecule has 0 rings (SSSR count). The molecular weight excluding hydrogens is 164 g/mol. The third kappa shape index (κ3) is 3.08. The maximum Gasteiger partial charge on any atom is 0.153 e. The number of hydrogen-bond donors (Lipinski definition) is 0. The normalized spacial score (nSPS) is 12.6. The van der Waals surface area contributed by atoms with Crippen molar-refractivity contribution >= 4 is 5.78 Å². The second kappa shape index (κ2) is 4.72. The van der Waals surface area contributed by atoms with Gasteiger partial charge in [0.2, 0.25) is 0 Å². The smallest absolute Gasteiger partial charge is 0.153 e. The minimum Gasteiger partial charge on any atom is -0.298 e. The summed E-state index contributed by atoms with van der Waals surface area (Å²) >= 11 is 0. The van der Waals surface area contributed by atoms with Crippen LogP contribution < -0.4 is 0 Å². The van der Waals surface area contributed by atoms with Crippen molar-refractivity contribution in [3.8, 4) is 0 Å². The summed E-state index contributed by atoms with van der Waals surface area (Å²) in [5.41, 5.74) is -0.389. The molecule has 0 atom stereocenters. The lowest BCUT2D eigenvalue weighted by Gasteiger charge is -2.38. The number of hydrazine groups is 1. The van der Waals surface area contributed by atoms with Crippen molar-refractivity contribution in [2.75, 3.05) is 21.1 Å². The van der Waals surface area contributed by atoms with Crippen LogP contribution in [-0.4, -0.2) is 42.5 Å². The van der Waals surface area contributed by atoms with Gasteiger partial charge >= 0.3 is 0 Å². The molecule has 0 fully saturated rings. The van der Waals surface area contributed by atoms with Crippen molar-refractivity contribution in [1.29, 1.82) is 0 Å². The van der Waals surface area contributed by atoms with E-state index in [0.29, 0.717) is 12.2 Å². The van der Waals surface area contributed by atoms with Crippen molar-refractivity contribution < 1.29 is 4.79 Å². The van der Waals surface area contributed by atoms with Crippen LogP contribution in [0.1, 0.15) is 33.6 Å². The van der Waals surface area contributed by atoms with Gasteiger partial charge < -0.3 is 0 Å². The van der Waals surface area contributed by atoms with Crippen LogP contribution in [0.15, 0.2) is 0 Å². The maximum absolute atomic E-state index is 11.7. The summed E-state index contributed by atoms with van der Waals surface area (Å²) < 4.78 is 0. The van der Waals surface area contributed by atoms with Gasteiger partial charge in [-0.05, 0) is 20.3 Å². The molecule has 0 aromatic rings. The highest BCUT2D eigenvalue weighted by Crippen LogP contribution is 2.16. The zero-order valence-corrected chi connectivity index (χ0v) is 9.72. The zero-order valence-electron chi connectivity index (χ0n) is 9.72. The largest absolute Gasteiger partial charge is 0.298 e. The molecule has 3 heteroatoms. The summed E-state index contributed by atoms with van der Waals surface area (Å²) in [6.07, 6.45) is 1.58. The lowest BCUT2D eigenvalue weighted by atomic mass is 9.95. The standard InChI is InChI=1S/C10H22N2O/c1-7-8-9(13)10(2,3)12(6)11(4)5/h7-8H2,1-6H3. The number of likely N-dealkylation sites (N-methyl/N-ethyl adjacent to an activating group) is 1. The fraction of sp³-hybridized carbons (Fsp3) is 0.900. The highest BCUT2D eigenvalue weighted by molar-refractivity contribution is 5.87. The van der Waals surface area contributed by atoms with Gasteiger partial charge in [0.1, 0.15) is 0 Å². The summed E-state index contributed by atoms with van der Waals surface area (Å²) in [5, 5.41) is 3.90. The Hall–Kier alpha value is -0.410. The molecule has 0 N–H and O–H groups in total. The van der Waals surface area contributed by atoms with E-state index in [1.54, 1.807) is 0 Å². The molecule has 0 spiro atoms. The summed E-state index contributed by atoms with van der Waals surface area (Å²) in [6.45, 7) is 5.96. The molecule has 0 saturated carbocycles. The van der Waals surface area contributed by atoms with E-state index in [4.69, 9.17) is 0 Å². The highest BCUT2D eigenvalue weighted by Gasteiger charge is 2.32. The third-order valence-electron chi connectivity index (χ3n) is 2.57. The molecule has 0 aromatic heterocycles. The maximum atomic E-state index is 11.7. The minimum atomic E-state index is -0.389. The lowest BCUT2D eigenvalue weighted by Crippen LogP contribution is -2.53. The number of hydrogen-bond acceptors (Lipinski definition) is 3. The number of rotatable bonds is 5. The number of nitrogens with zero attached hydrogens (tertiary/aromatic N) is 2. The fourth-order valence-electron chi connectivity index (χ4n) is 1.21.